The number of rotatable bonds is 2. The Hall–Kier alpha value is -0.770. The molecule has 1 aliphatic heterocycles. The van der Waals surface area contributed by atoms with Gasteiger partial charge in [0.25, 0.3) is 0 Å². The molecular formula is C14H26N2O2. The van der Waals surface area contributed by atoms with Crippen molar-refractivity contribution < 1.29 is 9.53 Å². The Bertz CT molecular complexity index is 295. The third-order valence-corrected chi connectivity index (χ3v) is 3.99. The molecule has 4 heteroatoms. The van der Waals surface area contributed by atoms with Gasteiger partial charge in [-0.25, -0.2) is 4.79 Å². The first-order chi connectivity index (χ1) is 8.46. The Morgan fingerprint density at radius 3 is 2.56 bits per heavy atom. The molecule has 2 rings (SSSR count). The Morgan fingerprint density at radius 1 is 1.28 bits per heavy atom. The zero-order valence-electron chi connectivity index (χ0n) is 11.8. The lowest BCUT2D eigenvalue weighted by Crippen LogP contribution is -2.54. The van der Waals surface area contributed by atoms with E-state index in [0.29, 0.717) is 5.92 Å². The van der Waals surface area contributed by atoms with Crippen molar-refractivity contribution in [3.8, 4) is 0 Å². The van der Waals surface area contributed by atoms with Crippen LogP contribution in [0.3, 0.4) is 0 Å². The number of piperidine rings is 1. The third-order valence-electron chi connectivity index (χ3n) is 3.99. The number of carbonyl (C=O) groups excluding carboxylic acids is 1. The molecule has 0 aromatic carbocycles. The summed E-state index contributed by atoms with van der Waals surface area (Å²) in [6.45, 7) is 7.65. The molecule has 0 bridgehead atoms. The lowest BCUT2D eigenvalue weighted by molar-refractivity contribution is 0.0428. The Kier molecular flexibility index (Phi) is 4.15. The molecule has 4 nitrogen and oxygen atoms in total. The van der Waals surface area contributed by atoms with Gasteiger partial charge in [-0.15, -0.1) is 0 Å². The van der Waals surface area contributed by atoms with Crippen LogP contribution in [-0.4, -0.2) is 30.8 Å². The number of hydrogen-bond acceptors (Lipinski definition) is 3. The van der Waals surface area contributed by atoms with Gasteiger partial charge in [0, 0.05) is 12.6 Å². The van der Waals surface area contributed by atoms with Gasteiger partial charge in [-0.05, 0) is 45.6 Å². The van der Waals surface area contributed by atoms with E-state index in [4.69, 9.17) is 4.74 Å². The minimum atomic E-state index is -0.419. The van der Waals surface area contributed by atoms with Crippen LogP contribution >= 0.6 is 0 Å². The number of carbonyl (C=O) groups is 1. The molecule has 2 atom stereocenters. The average molecular weight is 254 g/mol. The highest BCUT2D eigenvalue weighted by Crippen LogP contribution is 2.37. The molecule has 0 aromatic rings. The highest BCUT2D eigenvalue weighted by molar-refractivity contribution is 5.68. The highest BCUT2D eigenvalue weighted by Gasteiger charge is 2.36. The van der Waals surface area contributed by atoms with Crippen molar-refractivity contribution in [1.82, 2.24) is 10.6 Å². The quantitative estimate of drug-likeness (QED) is 0.795. The van der Waals surface area contributed by atoms with Gasteiger partial charge in [-0.3, -0.25) is 0 Å². The van der Waals surface area contributed by atoms with Gasteiger partial charge in [0.2, 0.25) is 0 Å². The number of amides is 1. The van der Waals surface area contributed by atoms with Crippen LogP contribution in [0.1, 0.15) is 46.5 Å². The Labute approximate surface area is 110 Å². The summed E-state index contributed by atoms with van der Waals surface area (Å²) in [6.07, 6.45) is 4.91. The van der Waals surface area contributed by atoms with Crippen molar-refractivity contribution in [3.63, 3.8) is 0 Å². The number of ether oxygens (including phenoxy) is 1. The smallest absolute Gasteiger partial charge is 0.407 e. The maximum Gasteiger partial charge on any atom is 0.407 e. The normalized spacial score (nSPS) is 29.5. The summed E-state index contributed by atoms with van der Waals surface area (Å²) in [5.41, 5.74) is -0.419. The predicted octanol–water partition coefficient (Wildman–Crippen LogP) is 2.29. The molecule has 1 heterocycles. The highest BCUT2D eigenvalue weighted by atomic mass is 16.6. The predicted molar refractivity (Wildman–Crippen MR) is 71.5 cm³/mol. The molecule has 2 unspecified atom stereocenters. The first kappa shape index (κ1) is 13.7. The van der Waals surface area contributed by atoms with E-state index in [1.807, 2.05) is 20.8 Å². The third kappa shape index (κ3) is 3.61. The monoisotopic (exact) mass is 254 g/mol. The van der Waals surface area contributed by atoms with E-state index in [9.17, 15) is 4.79 Å². The van der Waals surface area contributed by atoms with Crippen molar-refractivity contribution >= 4 is 6.09 Å². The standard InChI is InChI=1S/C14H26N2O2/c1-14(2,3)18-13(17)16-12-9-15-8-7-11(12)10-5-4-6-10/h10-12,15H,4-9H2,1-3H3,(H,16,17). The molecule has 2 fully saturated rings. The summed E-state index contributed by atoms with van der Waals surface area (Å²) in [6, 6.07) is 0.235. The van der Waals surface area contributed by atoms with Gasteiger partial charge in [-0.1, -0.05) is 19.3 Å². The van der Waals surface area contributed by atoms with Gasteiger partial charge in [0.1, 0.15) is 5.60 Å². The second-order valence-corrected chi connectivity index (χ2v) is 6.60. The second-order valence-electron chi connectivity index (χ2n) is 6.60. The van der Waals surface area contributed by atoms with E-state index >= 15 is 0 Å². The molecule has 0 radical (unpaired) electrons. The fourth-order valence-electron chi connectivity index (χ4n) is 2.93. The summed E-state index contributed by atoms with van der Waals surface area (Å²) >= 11 is 0. The molecule has 0 spiro atoms. The van der Waals surface area contributed by atoms with E-state index in [1.165, 1.54) is 25.7 Å². The van der Waals surface area contributed by atoms with E-state index in [1.54, 1.807) is 0 Å². The molecule has 0 aromatic heterocycles. The minimum absolute atomic E-state index is 0.235. The molecule has 18 heavy (non-hydrogen) atoms. The first-order valence-corrected chi connectivity index (χ1v) is 7.16. The molecule has 2 N–H and O–H groups in total. The van der Waals surface area contributed by atoms with Crippen LogP contribution < -0.4 is 10.6 Å². The molecule has 1 amide bonds. The van der Waals surface area contributed by atoms with Crippen molar-refractivity contribution in [2.45, 2.75) is 58.1 Å². The maximum absolute atomic E-state index is 11.8. The topological polar surface area (TPSA) is 50.4 Å². The van der Waals surface area contributed by atoms with Crippen LogP contribution in [0.15, 0.2) is 0 Å². The summed E-state index contributed by atoms with van der Waals surface area (Å²) in [5.74, 6) is 1.44. The summed E-state index contributed by atoms with van der Waals surface area (Å²) < 4.78 is 5.34. The van der Waals surface area contributed by atoms with E-state index < -0.39 is 5.60 Å². The van der Waals surface area contributed by atoms with E-state index in [2.05, 4.69) is 10.6 Å². The average Bonchev–Trinajstić information content (AvgIpc) is 2.15. The van der Waals surface area contributed by atoms with E-state index in [0.717, 1.165) is 19.0 Å². The van der Waals surface area contributed by atoms with Crippen molar-refractivity contribution in [3.05, 3.63) is 0 Å². The minimum Gasteiger partial charge on any atom is -0.444 e. The summed E-state index contributed by atoms with van der Waals surface area (Å²) in [5, 5.41) is 6.42. The molecule has 1 aliphatic carbocycles. The van der Waals surface area contributed by atoms with Gasteiger partial charge < -0.3 is 15.4 Å². The summed E-state index contributed by atoms with van der Waals surface area (Å²) in [7, 11) is 0. The number of alkyl carbamates (subject to hydrolysis) is 1. The molecule has 1 saturated carbocycles. The Balaban J connectivity index is 1.87. The maximum atomic E-state index is 11.8. The zero-order chi connectivity index (χ0) is 13.2. The van der Waals surface area contributed by atoms with Crippen LogP contribution in [0.25, 0.3) is 0 Å². The van der Waals surface area contributed by atoms with Crippen molar-refractivity contribution in [2.75, 3.05) is 13.1 Å². The SMILES string of the molecule is CC(C)(C)OC(=O)NC1CNCCC1C1CCC1. The van der Waals surface area contributed by atoms with Crippen LogP contribution in [0.5, 0.6) is 0 Å². The van der Waals surface area contributed by atoms with Gasteiger partial charge in [0.15, 0.2) is 0 Å². The second kappa shape index (κ2) is 5.47. The van der Waals surface area contributed by atoms with Crippen molar-refractivity contribution in [2.24, 2.45) is 11.8 Å². The molecule has 104 valence electrons. The lowest BCUT2D eigenvalue weighted by Gasteiger charge is -2.42. The largest absolute Gasteiger partial charge is 0.444 e. The van der Waals surface area contributed by atoms with Crippen LogP contribution in [-0.2, 0) is 4.74 Å². The van der Waals surface area contributed by atoms with Crippen LogP contribution in [0, 0.1) is 11.8 Å². The summed E-state index contributed by atoms with van der Waals surface area (Å²) in [4.78, 5) is 11.8. The number of nitrogens with one attached hydrogen (secondary N) is 2. The molecule has 1 saturated heterocycles. The van der Waals surface area contributed by atoms with Gasteiger partial charge >= 0.3 is 6.09 Å². The molecule has 2 aliphatic rings. The molecular weight excluding hydrogens is 228 g/mol. The van der Waals surface area contributed by atoms with Gasteiger partial charge in [0.05, 0.1) is 0 Å². The number of hydrogen-bond donors (Lipinski definition) is 2. The van der Waals surface area contributed by atoms with Crippen LogP contribution in [0.2, 0.25) is 0 Å². The fraction of sp³-hybridized carbons (Fsp3) is 0.929. The van der Waals surface area contributed by atoms with Gasteiger partial charge in [-0.2, -0.15) is 0 Å². The van der Waals surface area contributed by atoms with E-state index in [-0.39, 0.29) is 12.1 Å². The Morgan fingerprint density at radius 2 is 2.00 bits per heavy atom. The fourth-order valence-corrected chi connectivity index (χ4v) is 2.93. The first-order valence-electron chi connectivity index (χ1n) is 7.16. The zero-order valence-corrected chi connectivity index (χ0v) is 11.8. The van der Waals surface area contributed by atoms with Crippen molar-refractivity contribution in [1.29, 1.82) is 0 Å². The van der Waals surface area contributed by atoms with Crippen LogP contribution in [0.4, 0.5) is 4.79 Å². The lowest BCUT2D eigenvalue weighted by atomic mass is 9.70.